The molecule has 0 aliphatic carbocycles. The number of anilines is 1. The fourth-order valence-corrected chi connectivity index (χ4v) is 1.82. The first kappa shape index (κ1) is 14.1. The average molecular weight is 289 g/mol. The largest absolute Gasteiger partial charge is 0.477 e. The zero-order valence-electron chi connectivity index (χ0n) is 10.1. The third kappa shape index (κ3) is 3.16. The Morgan fingerprint density at radius 1 is 1.40 bits per heavy atom. The fraction of sp³-hybridized carbons (Fsp3) is 0.364. The number of alkyl halides is 3. The minimum atomic E-state index is -4.47. The topological polar surface area (TPSA) is 73.7 Å². The molecule has 1 saturated heterocycles. The molecule has 0 bridgehead atoms. The second-order valence-corrected chi connectivity index (χ2v) is 4.23. The van der Waals surface area contributed by atoms with E-state index in [-0.39, 0.29) is 24.7 Å². The van der Waals surface area contributed by atoms with Crippen molar-refractivity contribution in [2.24, 2.45) is 0 Å². The number of amides is 1. The molecule has 1 aliphatic rings. The van der Waals surface area contributed by atoms with Crippen LogP contribution in [0.4, 0.5) is 19.0 Å². The summed E-state index contributed by atoms with van der Waals surface area (Å²) < 4.78 is 36.8. The maximum absolute atomic E-state index is 12.3. The molecule has 0 spiro atoms. The van der Waals surface area contributed by atoms with Crippen LogP contribution in [-0.2, 0) is 4.79 Å². The number of pyridine rings is 1. The van der Waals surface area contributed by atoms with Gasteiger partial charge in [-0.05, 0) is 12.1 Å². The predicted molar refractivity (Wildman–Crippen MR) is 61.2 cm³/mol. The van der Waals surface area contributed by atoms with E-state index in [2.05, 4.69) is 4.98 Å². The van der Waals surface area contributed by atoms with E-state index in [0.29, 0.717) is 4.90 Å². The van der Waals surface area contributed by atoms with Crippen LogP contribution in [0, 0.1) is 0 Å². The summed E-state index contributed by atoms with van der Waals surface area (Å²) in [6.07, 6.45) is -4.47. The van der Waals surface area contributed by atoms with Crippen molar-refractivity contribution in [3.63, 3.8) is 0 Å². The summed E-state index contributed by atoms with van der Waals surface area (Å²) in [7, 11) is 0. The highest BCUT2D eigenvalue weighted by atomic mass is 19.4. The van der Waals surface area contributed by atoms with Gasteiger partial charge in [-0.1, -0.05) is 6.07 Å². The molecule has 2 heterocycles. The molecule has 1 amide bonds. The van der Waals surface area contributed by atoms with Gasteiger partial charge in [0.25, 0.3) is 0 Å². The van der Waals surface area contributed by atoms with E-state index in [1.807, 2.05) is 0 Å². The van der Waals surface area contributed by atoms with Gasteiger partial charge in [-0.3, -0.25) is 4.79 Å². The Morgan fingerprint density at radius 3 is 2.70 bits per heavy atom. The summed E-state index contributed by atoms with van der Waals surface area (Å²) >= 11 is 0. The van der Waals surface area contributed by atoms with Crippen molar-refractivity contribution in [3.8, 4) is 0 Å². The van der Waals surface area contributed by atoms with Gasteiger partial charge in [0.05, 0.1) is 6.67 Å². The molecule has 1 N–H and O–H groups in total. The Balaban J connectivity index is 2.14. The van der Waals surface area contributed by atoms with E-state index in [1.54, 1.807) is 0 Å². The van der Waals surface area contributed by atoms with Crippen LogP contribution in [0.5, 0.6) is 0 Å². The first-order valence-electron chi connectivity index (χ1n) is 5.56. The van der Waals surface area contributed by atoms with E-state index >= 15 is 0 Å². The number of halogens is 3. The van der Waals surface area contributed by atoms with Gasteiger partial charge in [0, 0.05) is 0 Å². The van der Waals surface area contributed by atoms with Gasteiger partial charge in [-0.15, -0.1) is 0 Å². The highest BCUT2D eigenvalue weighted by Gasteiger charge is 2.37. The lowest BCUT2D eigenvalue weighted by Crippen LogP contribution is -2.36. The van der Waals surface area contributed by atoms with Gasteiger partial charge >= 0.3 is 12.1 Å². The van der Waals surface area contributed by atoms with Crippen LogP contribution in [0.1, 0.15) is 10.5 Å². The second-order valence-electron chi connectivity index (χ2n) is 4.23. The number of carboxylic acid groups (broad SMARTS) is 1. The highest BCUT2D eigenvalue weighted by Crippen LogP contribution is 2.22. The number of nitrogens with zero attached hydrogens (tertiary/aromatic N) is 3. The Labute approximate surface area is 111 Å². The number of carbonyl (C=O) groups excluding carboxylic acids is 1. The third-order valence-corrected chi connectivity index (χ3v) is 2.67. The summed E-state index contributed by atoms with van der Waals surface area (Å²) in [5.74, 6) is -1.77. The van der Waals surface area contributed by atoms with Gasteiger partial charge in [-0.2, -0.15) is 13.2 Å². The van der Waals surface area contributed by atoms with Crippen molar-refractivity contribution in [2.45, 2.75) is 6.18 Å². The molecule has 2 rings (SSSR count). The van der Waals surface area contributed by atoms with E-state index in [9.17, 15) is 22.8 Å². The predicted octanol–water partition coefficient (Wildman–Crippen LogP) is 0.948. The van der Waals surface area contributed by atoms with Gasteiger partial charge in [-0.25, -0.2) is 9.78 Å². The Bertz CT molecular complexity index is 547. The van der Waals surface area contributed by atoms with Gasteiger partial charge < -0.3 is 14.9 Å². The highest BCUT2D eigenvalue weighted by molar-refractivity contribution is 5.87. The van der Waals surface area contributed by atoms with E-state index < -0.39 is 24.6 Å². The summed E-state index contributed by atoms with van der Waals surface area (Å²) in [6.45, 7) is -1.86. The summed E-state index contributed by atoms with van der Waals surface area (Å²) in [6, 6.07) is 4.12. The maximum atomic E-state index is 12.3. The first-order chi connectivity index (χ1) is 9.26. The quantitative estimate of drug-likeness (QED) is 0.896. The molecule has 0 saturated carbocycles. The van der Waals surface area contributed by atoms with Crippen LogP contribution in [-0.4, -0.2) is 52.8 Å². The van der Waals surface area contributed by atoms with Crippen LogP contribution in [0.2, 0.25) is 0 Å². The molecule has 1 aliphatic heterocycles. The number of rotatable bonds is 3. The number of aromatic carboxylic acids is 1. The standard InChI is InChI=1S/C11H10F3N3O3/c12-11(13,14)5-17-6-16(4-9(17)18)8-3-1-2-7(15-8)10(19)20/h1-3H,4-6H2,(H,19,20). The number of carbonyl (C=O) groups is 2. The third-order valence-electron chi connectivity index (χ3n) is 2.67. The molecule has 1 aromatic rings. The minimum absolute atomic E-state index is 0.155. The maximum Gasteiger partial charge on any atom is 0.406 e. The van der Waals surface area contributed by atoms with Gasteiger partial charge in [0.2, 0.25) is 5.91 Å². The molecular formula is C11H10F3N3O3. The summed E-state index contributed by atoms with van der Waals surface area (Å²) in [5.41, 5.74) is -0.232. The van der Waals surface area contributed by atoms with Crippen molar-refractivity contribution in [1.29, 1.82) is 0 Å². The van der Waals surface area contributed by atoms with Crippen LogP contribution < -0.4 is 4.90 Å². The Kier molecular flexibility index (Phi) is 3.51. The first-order valence-corrected chi connectivity index (χ1v) is 5.56. The lowest BCUT2D eigenvalue weighted by atomic mass is 10.3. The summed E-state index contributed by atoms with van der Waals surface area (Å²) in [4.78, 5) is 28.0. The molecular weight excluding hydrogens is 279 g/mol. The van der Waals surface area contributed by atoms with E-state index in [0.717, 1.165) is 0 Å². The molecule has 108 valence electrons. The number of hydrogen-bond acceptors (Lipinski definition) is 4. The smallest absolute Gasteiger partial charge is 0.406 e. The molecule has 1 aromatic heterocycles. The van der Waals surface area contributed by atoms with Crippen molar-refractivity contribution in [3.05, 3.63) is 23.9 Å². The minimum Gasteiger partial charge on any atom is -0.477 e. The number of aromatic nitrogens is 1. The van der Waals surface area contributed by atoms with Gasteiger partial charge in [0.1, 0.15) is 18.9 Å². The van der Waals surface area contributed by atoms with Crippen LogP contribution in [0.25, 0.3) is 0 Å². The normalized spacial score (nSPS) is 15.8. The Morgan fingerprint density at radius 2 is 2.10 bits per heavy atom. The van der Waals surface area contributed by atoms with Crippen LogP contribution in [0.15, 0.2) is 18.2 Å². The molecule has 6 nitrogen and oxygen atoms in total. The zero-order chi connectivity index (χ0) is 14.9. The molecule has 20 heavy (non-hydrogen) atoms. The van der Waals surface area contributed by atoms with Crippen molar-refractivity contribution in [1.82, 2.24) is 9.88 Å². The molecule has 9 heteroatoms. The van der Waals surface area contributed by atoms with Crippen LogP contribution in [0.3, 0.4) is 0 Å². The lowest BCUT2D eigenvalue weighted by molar-refractivity contribution is -0.156. The molecule has 0 unspecified atom stereocenters. The van der Waals surface area contributed by atoms with Crippen molar-refractivity contribution in [2.75, 3.05) is 24.7 Å². The summed E-state index contributed by atoms with van der Waals surface area (Å²) in [5, 5.41) is 8.80. The molecule has 1 fully saturated rings. The second kappa shape index (κ2) is 4.99. The molecule has 0 atom stereocenters. The fourth-order valence-electron chi connectivity index (χ4n) is 1.82. The van der Waals surface area contributed by atoms with E-state index in [1.165, 1.54) is 23.1 Å². The van der Waals surface area contributed by atoms with E-state index in [4.69, 9.17) is 5.11 Å². The average Bonchev–Trinajstić information content (AvgIpc) is 2.69. The lowest BCUT2D eigenvalue weighted by Gasteiger charge is -2.19. The molecule has 0 radical (unpaired) electrons. The number of hydrogen-bond donors (Lipinski definition) is 1. The number of carboxylic acids is 1. The van der Waals surface area contributed by atoms with Crippen molar-refractivity contribution >= 4 is 17.7 Å². The SMILES string of the molecule is O=C(O)c1cccc(N2CC(=O)N(CC(F)(F)F)C2)n1. The van der Waals surface area contributed by atoms with Crippen molar-refractivity contribution < 1.29 is 27.9 Å². The van der Waals surface area contributed by atoms with Crippen LogP contribution >= 0.6 is 0 Å². The monoisotopic (exact) mass is 289 g/mol. The zero-order valence-corrected chi connectivity index (χ0v) is 10.1. The van der Waals surface area contributed by atoms with Gasteiger partial charge in [0.15, 0.2) is 5.69 Å². The molecule has 0 aromatic carbocycles. The Hall–Kier alpha value is -2.32.